The maximum Gasteiger partial charge on any atom is 0.201 e. The summed E-state index contributed by atoms with van der Waals surface area (Å²) in [5.74, 6) is -0.327. The highest BCUT2D eigenvalue weighted by Gasteiger charge is 2.29. The van der Waals surface area contributed by atoms with Gasteiger partial charge in [0.1, 0.15) is 0 Å². The summed E-state index contributed by atoms with van der Waals surface area (Å²) < 4.78 is 46.6. The molecule has 210 valence electrons. The molecular weight excluding hydrogens is 482 g/mol. The second kappa shape index (κ2) is 15.0. The quantitative estimate of drug-likeness (QED) is 0.242. The van der Waals surface area contributed by atoms with Gasteiger partial charge in [-0.2, -0.15) is 4.39 Å². The zero-order valence-corrected chi connectivity index (χ0v) is 23.4. The van der Waals surface area contributed by atoms with Crippen molar-refractivity contribution in [1.82, 2.24) is 0 Å². The molecule has 1 saturated carbocycles. The summed E-state index contributed by atoms with van der Waals surface area (Å²) >= 11 is 0. The second-order valence-corrected chi connectivity index (χ2v) is 11.3. The predicted molar refractivity (Wildman–Crippen MR) is 149 cm³/mol. The number of benzene rings is 2. The molecule has 1 heterocycles. The fraction of sp³-hybridized carbons (Fsp3) is 0.636. The monoisotopic (exact) mass is 528 g/mol. The van der Waals surface area contributed by atoms with E-state index in [0.29, 0.717) is 25.7 Å². The lowest BCUT2D eigenvalue weighted by molar-refractivity contribution is -0.193. The van der Waals surface area contributed by atoms with Crippen molar-refractivity contribution >= 4 is 0 Å². The molecule has 0 radical (unpaired) electrons. The van der Waals surface area contributed by atoms with E-state index in [-0.39, 0.29) is 17.2 Å². The van der Waals surface area contributed by atoms with Crippen molar-refractivity contribution in [3.63, 3.8) is 0 Å². The molecule has 0 N–H and O–H groups in total. The van der Waals surface area contributed by atoms with Crippen LogP contribution in [0.15, 0.2) is 36.4 Å². The molecule has 0 unspecified atom stereocenters. The number of halogens is 2. The van der Waals surface area contributed by atoms with E-state index >= 15 is 0 Å². The molecule has 2 fully saturated rings. The number of hydrogen-bond donors (Lipinski definition) is 0. The van der Waals surface area contributed by atoms with Crippen LogP contribution >= 0.6 is 0 Å². The van der Waals surface area contributed by atoms with Gasteiger partial charge in [0.2, 0.25) is 5.82 Å². The van der Waals surface area contributed by atoms with E-state index in [1.807, 2.05) is 0 Å². The SMILES string of the molecule is CCCCCCOc1ccc(C2OCC(c3ccc(C4CCC(CCCCC)CC4)cc3)CO2)c(F)c1F. The number of hydrogen-bond acceptors (Lipinski definition) is 3. The lowest BCUT2D eigenvalue weighted by atomic mass is 9.77. The Hall–Kier alpha value is -1.98. The van der Waals surface area contributed by atoms with Crippen LogP contribution in [0, 0.1) is 17.6 Å². The third-order valence-electron chi connectivity index (χ3n) is 8.43. The summed E-state index contributed by atoms with van der Waals surface area (Å²) in [6, 6.07) is 11.9. The fourth-order valence-corrected chi connectivity index (χ4v) is 5.93. The van der Waals surface area contributed by atoms with E-state index < -0.39 is 17.9 Å². The third-order valence-corrected chi connectivity index (χ3v) is 8.43. The molecule has 0 spiro atoms. The molecule has 38 heavy (non-hydrogen) atoms. The molecule has 2 aliphatic rings. The van der Waals surface area contributed by atoms with Crippen molar-refractivity contribution in [2.24, 2.45) is 5.92 Å². The van der Waals surface area contributed by atoms with Crippen molar-refractivity contribution in [3.8, 4) is 5.75 Å². The van der Waals surface area contributed by atoms with Gasteiger partial charge in [0.05, 0.1) is 19.8 Å². The van der Waals surface area contributed by atoms with Gasteiger partial charge in [-0.3, -0.25) is 0 Å². The summed E-state index contributed by atoms with van der Waals surface area (Å²) in [5, 5.41) is 0. The molecule has 0 atom stereocenters. The van der Waals surface area contributed by atoms with Gasteiger partial charge in [0.15, 0.2) is 17.9 Å². The zero-order chi connectivity index (χ0) is 26.7. The van der Waals surface area contributed by atoms with Crippen molar-refractivity contribution in [1.29, 1.82) is 0 Å². The van der Waals surface area contributed by atoms with Crippen molar-refractivity contribution in [3.05, 3.63) is 64.7 Å². The maximum absolute atomic E-state index is 14.8. The van der Waals surface area contributed by atoms with E-state index in [1.54, 1.807) is 0 Å². The Morgan fingerprint density at radius 2 is 1.34 bits per heavy atom. The van der Waals surface area contributed by atoms with E-state index in [4.69, 9.17) is 14.2 Å². The van der Waals surface area contributed by atoms with Crippen LogP contribution < -0.4 is 4.74 Å². The Balaban J connectivity index is 1.25. The Kier molecular flexibility index (Phi) is 11.4. The average Bonchev–Trinajstić information content (AvgIpc) is 2.96. The van der Waals surface area contributed by atoms with Crippen molar-refractivity contribution in [2.45, 2.75) is 109 Å². The summed E-state index contributed by atoms with van der Waals surface area (Å²) in [7, 11) is 0. The lowest BCUT2D eigenvalue weighted by Gasteiger charge is -2.31. The van der Waals surface area contributed by atoms with Gasteiger partial charge in [-0.25, -0.2) is 4.39 Å². The molecular formula is C33H46F2O3. The van der Waals surface area contributed by atoms with Gasteiger partial charge >= 0.3 is 0 Å². The van der Waals surface area contributed by atoms with Crippen LogP contribution in [0.2, 0.25) is 0 Å². The van der Waals surface area contributed by atoms with Gasteiger partial charge < -0.3 is 14.2 Å². The minimum Gasteiger partial charge on any atom is -0.490 e. The van der Waals surface area contributed by atoms with Gasteiger partial charge in [0.25, 0.3) is 0 Å². The Morgan fingerprint density at radius 1 is 0.711 bits per heavy atom. The highest BCUT2D eigenvalue weighted by atomic mass is 19.2. The largest absolute Gasteiger partial charge is 0.490 e. The standard InChI is InChI=1S/C33H46F2O3/c1-3-5-7-9-21-36-30-20-19-29(31(34)32(30)35)33-37-22-28(23-38-33)27-17-15-26(16-18-27)25-13-11-24(12-14-25)10-8-6-4-2/h15-20,24-25,28,33H,3-14,21-23H2,1-2H3. The van der Waals surface area contributed by atoms with E-state index in [2.05, 4.69) is 38.1 Å². The third kappa shape index (κ3) is 7.79. The number of rotatable bonds is 13. The first-order chi connectivity index (χ1) is 18.6. The summed E-state index contributed by atoms with van der Waals surface area (Å²) in [6.07, 6.45) is 13.9. The molecule has 5 heteroatoms. The summed E-state index contributed by atoms with van der Waals surface area (Å²) in [6.45, 7) is 5.60. The van der Waals surface area contributed by atoms with Gasteiger partial charge in [-0.15, -0.1) is 0 Å². The minimum absolute atomic E-state index is 0.0542. The molecule has 0 aromatic heterocycles. The summed E-state index contributed by atoms with van der Waals surface area (Å²) in [5.41, 5.74) is 2.68. The minimum atomic E-state index is -0.974. The molecule has 2 aromatic rings. The fourth-order valence-electron chi connectivity index (χ4n) is 5.93. The first-order valence-corrected chi connectivity index (χ1v) is 15.0. The molecule has 3 nitrogen and oxygen atoms in total. The van der Waals surface area contributed by atoms with Crippen LogP contribution in [0.1, 0.15) is 126 Å². The molecule has 1 saturated heterocycles. The van der Waals surface area contributed by atoms with Gasteiger partial charge in [0, 0.05) is 11.5 Å². The first kappa shape index (κ1) is 29.0. The number of unbranched alkanes of at least 4 members (excludes halogenated alkanes) is 5. The Labute approximate surface area is 228 Å². The maximum atomic E-state index is 14.8. The highest BCUT2D eigenvalue weighted by molar-refractivity contribution is 5.32. The van der Waals surface area contributed by atoms with Crippen molar-refractivity contribution < 1.29 is 23.0 Å². The van der Waals surface area contributed by atoms with Gasteiger partial charge in [-0.05, 0) is 67.2 Å². The van der Waals surface area contributed by atoms with Crippen LogP contribution in [-0.2, 0) is 9.47 Å². The lowest BCUT2D eigenvalue weighted by Crippen LogP contribution is -2.26. The smallest absolute Gasteiger partial charge is 0.201 e. The first-order valence-electron chi connectivity index (χ1n) is 15.0. The normalized spacial score (nSPS) is 23.9. The molecule has 0 amide bonds. The van der Waals surface area contributed by atoms with Crippen LogP contribution in [0.5, 0.6) is 5.75 Å². The topological polar surface area (TPSA) is 27.7 Å². The summed E-state index contributed by atoms with van der Waals surface area (Å²) in [4.78, 5) is 0. The zero-order valence-electron chi connectivity index (χ0n) is 23.4. The molecule has 2 aromatic carbocycles. The predicted octanol–water partition coefficient (Wildman–Crippen LogP) is 9.61. The molecule has 1 aliphatic carbocycles. The van der Waals surface area contributed by atoms with Crippen LogP contribution in [0.4, 0.5) is 8.78 Å². The van der Waals surface area contributed by atoms with E-state index in [0.717, 1.165) is 31.6 Å². The Morgan fingerprint density at radius 3 is 2.00 bits per heavy atom. The van der Waals surface area contributed by atoms with E-state index in [1.165, 1.54) is 74.6 Å². The van der Waals surface area contributed by atoms with Gasteiger partial charge in [-0.1, -0.05) is 83.1 Å². The second-order valence-electron chi connectivity index (χ2n) is 11.3. The average molecular weight is 529 g/mol. The molecule has 4 rings (SSSR count). The highest BCUT2D eigenvalue weighted by Crippen LogP contribution is 2.39. The molecule has 1 aliphatic heterocycles. The Bertz CT molecular complexity index is 961. The number of ether oxygens (including phenoxy) is 3. The van der Waals surface area contributed by atoms with Crippen LogP contribution in [0.25, 0.3) is 0 Å². The molecule has 0 bridgehead atoms. The van der Waals surface area contributed by atoms with E-state index in [9.17, 15) is 8.78 Å². The van der Waals surface area contributed by atoms with Crippen LogP contribution in [-0.4, -0.2) is 19.8 Å². The van der Waals surface area contributed by atoms with Crippen LogP contribution in [0.3, 0.4) is 0 Å². The van der Waals surface area contributed by atoms with Crippen molar-refractivity contribution in [2.75, 3.05) is 19.8 Å².